The van der Waals surface area contributed by atoms with Gasteiger partial charge in [0.15, 0.2) is 0 Å². The topological polar surface area (TPSA) is 17.1 Å². The van der Waals surface area contributed by atoms with Crippen LogP contribution in [0, 0.1) is 11.8 Å². The van der Waals surface area contributed by atoms with Crippen LogP contribution in [0.5, 0.6) is 0 Å². The Balaban J connectivity index is 2.19. The van der Waals surface area contributed by atoms with Crippen molar-refractivity contribution >= 4 is 5.78 Å². The average molecular weight is 122 g/mol. The van der Waals surface area contributed by atoms with Crippen molar-refractivity contribution in [2.45, 2.75) is 19.3 Å². The van der Waals surface area contributed by atoms with E-state index in [1.54, 1.807) is 0 Å². The van der Waals surface area contributed by atoms with E-state index in [0.29, 0.717) is 17.6 Å². The Labute approximate surface area is 54.8 Å². The fourth-order valence-electron chi connectivity index (χ4n) is 1.81. The summed E-state index contributed by atoms with van der Waals surface area (Å²) in [6.45, 7) is 3.84. The Hall–Kier alpha value is -0.590. The molecule has 0 bridgehead atoms. The predicted molar refractivity (Wildman–Crippen MR) is 35.0 cm³/mol. The second kappa shape index (κ2) is 1.47. The number of Topliss-reactive ketones (excluding diaryl/α,β-unsaturated/α-hetero) is 1. The Morgan fingerprint density at radius 2 is 2.33 bits per heavy atom. The molecule has 0 aromatic rings. The number of carbonyl (C=O) groups excluding carboxylic acids is 1. The molecule has 0 aliphatic heterocycles. The van der Waals surface area contributed by atoms with Gasteiger partial charge in [-0.3, -0.25) is 4.79 Å². The maximum Gasteiger partial charge on any atom is 0.140 e. The van der Waals surface area contributed by atoms with Crippen molar-refractivity contribution in [1.82, 2.24) is 0 Å². The van der Waals surface area contributed by atoms with Gasteiger partial charge in [-0.2, -0.15) is 0 Å². The standard InChI is InChI=1S/C8H10O/c1-5-6-3-2-4-7(9)8(5)6/h6,8H,1-4H2/t6-,8+/m1/s1. The van der Waals surface area contributed by atoms with Gasteiger partial charge in [-0.15, -0.1) is 0 Å². The van der Waals surface area contributed by atoms with E-state index in [-0.39, 0.29) is 0 Å². The van der Waals surface area contributed by atoms with E-state index in [0.717, 1.165) is 12.8 Å². The molecule has 2 aliphatic carbocycles. The molecule has 2 rings (SSSR count). The molecule has 2 aliphatic rings. The van der Waals surface area contributed by atoms with Gasteiger partial charge in [0.25, 0.3) is 0 Å². The molecule has 0 radical (unpaired) electrons. The number of carbonyl (C=O) groups is 1. The highest BCUT2D eigenvalue weighted by atomic mass is 16.1. The Bertz CT molecular complexity index is 181. The summed E-state index contributed by atoms with van der Waals surface area (Å²) >= 11 is 0. The normalized spacial score (nSPS) is 40.4. The first-order chi connectivity index (χ1) is 4.30. The Morgan fingerprint density at radius 3 is 2.89 bits per heavy atom. The van der Waals surface area contributed by atoms with Gasteiger partial charge in [0, 0.05) is 12.3 Å². The van der Waals surface area contributed by atoms with Crippen LogP contribution in [0.2, 0.25) is 0 Å². The van der Waals surface area contributed by atoms with Crippen LogP contribution in [0.1, 0.15) is 19.3 Å². The minimum Gasteiger partial charge on any atom is -0.299 e. The van der Waals surface area contributed by atoms with Crippen LogP contribution in [-0.2, 0) is 4.79 Å². The van der Waals surface area contributed by atoms with Crippen molar-refractivity contribution in [3.05, 3.63) is 12.2 Å². The van der Waals surface area contributed by atoms with Crippen molar-refractivity contribution in [3.63, 3.8) is 0 Å². The molecule has 0 aromatic heterocycles. The van der Waals surface area contributed by atoms with Crippen molar-refractivity contribution in [1.29, 1.82) is 0 Å². The van der Waals surface area contributed by atoms with Crippen LogP contribution in [0.4, 0.5) is 0 Å². The fraction of sp³-hybridized carbons (Fsp3) is 0.625. The zero-order valence-corrected chi connectivity index (χ0v) is 5.39. The van der Waals surface area contributed by atoms with Crippen LogP contribution < -0.4 is 0 Å². The third kappa shape index (κ3) is 0.576. The Kier molecular flexibility index (Phi) is 0.850. The molecule has 0 saturated heterocycles. The van der Waals surface area contributed by atoms with Gasteiger partial charge in [0.2, 0.25) is 0 Å². The summed E-state index contributed by atoms with van der Waals surface area (Å²) in [6, 6.07) is 0. The van der Waals surface area contributed by atoms with E-state index in [1.165, 1.54) is 12.0 Å². The first-order valence-electron chi connectivity index (χ1n) is 3.52. The summed E-state index contributed by atoms with van der Waals surface area (Å²) < 4.78 is 0. The summed E-state index contributed by atoms with van der Waals surface area (Å²) in [5.74, 6) is 1.35. The first kappa shape index (κ1) is 5.21. The second-order valence-electron chi connectivity index (χ2n) is 3.02. The maximum absolute atomic E-state index is 11.0. The highest BCUT2D eigenvalue weighted by Crippen LogP contribution is 2.51. The largest absolute Gasteiger partial charge is 0.299 e. The zero-order chi connectivity index (χ0) is 6.43. The van der Waals surface area contributed by atoms with E-state index in [9.17, 15) is 4.79 Å². The monoisotopic (exact) mass is 122 g/mol. The lowest BCUT2D eigenvalue weighted by Crippen LogP contribution is -2.07. The molecule has 48 valence electrons. The van der Waals surface area contributed by atoms with Crippen molar-refractivity contribution in [3.8, 4) is 0 Å². The minimum atomic E-state index is 0.304. The maximum atomic E-state index is 11.0. The van der Waals surface area contributed by atoms with E-state index < -0.39 is 0 Å². The summed E-state index contributed by atoms with van der Waals surface area (Å²) in [7, 11) is 0. The number of fused-ring (bicyclic) bond motifs is 1. The molecule has 9 heavy (non-hydrogen) atoms. The minimum absolute atomic E-state index is 0.304. The Morgan fingerprint density at radius 1 is 1.56 bits per heavy atom. The van der Waals surface area contributed by atoms with Crippen LogP contribution in [0.25, 0.3) is 0 Å². The molecular weight excluding hydrogens is 112 g/mol. The van der Waals surface area contributed by atoms with Gasteiger partial charge in [0.05, 0.1) is 0 Å². The second-order valence-corrected chi connectivity index (χ2v) is 3.02. The SMILES string of the molecule is C=C1[C@@H]2C(=O)CCC[C@H]12. The molecule has 0 amide bonds. The highest BCUT2D eigenvalue weighted by molar-refractivity contribution is 5.89. The molecule has 1 heteroatoms. The predicted octanol–water partition coefficient (Wildman–Crippen LogP) is 1.54. The molecular formula is C8H10O. The van der Waals surface area contributed by atoms with Crippen molar-refractivity contribution < 1.29 is 4.79 Å². The van der Waals surface area contributed by atoms with Gasteiger partial charge in [-0.25, -0.2) is 0 Å². The summed E-state index contributed by atoms with van der Waals surface area (Å²) in [6.07, 6.45) is 3.12. The van der Waals surface area contributed by atoms with Gasteiger partial charge >= 0.3 is 0 Å². The van der Waals surface area contributed by atoms with E-state index in [1.807, 2.05) is 0 Å². The van der Waals surface area contributed by atoms with Gasteiger partial charge < -0.3 is 0 Å². The molecule has 0 unspecified atom stereocenters. The first-order valence-corrected chi connectivity index (χ1v) is 3.52. The summed E-state index contributed by atoms with van der Waals surface area (Å²) in [5, 5.41) is 0. The molecule has 2 saturated carbocycles. The van der Waals surface area contributed by atoms with Crippen LogP contribution in [0.3, 0.4) is 0 Å². The van der Waals surface area contributed by atoms with Gasteiger partial charge in [0.1, 0.15) is 5.78 Å². The van der Waals surface area contributed by atoms with Crippen LogP contribution >= 0.6 is 0 Å². The highest BCUT2D eigenvalue weighted by Gasteiger charge is 2.48. The summed E-state index contributed by atoms with van der Waals surface area (Å²) in [4.78, 5) is 11.0. The summed E-state index contributed by atoms with van der Waals surface area (Å²) in [5.41, 5.74) is 1.21. The lowest BCUT2D eigenvalue weighted by atomic mass is 10.00. The zero-order valence-electron chi connectivity index (χ0n) is 5.39. The lowest BCUT2D eigenvalue weighted by molar-refractivity contribution is -0.121. The number of allylic oxidation sites excluding steroid dienone is 1. The molecule has 0 N–H and O–H groups in total. The third-order valence-corrected chi connectivity index (χ3v) is 2.45. The van der Waals surface area contributed by atoms with Crippen molar-refractivity contribution in [2.75, 3.05) is 0 Å². The molecule has 0 spiro atoms. The molecule has 2 fully saturated rings. The molecule has 2 atom stereocenters. The number of hydrogen-bond donors (Lipinski definition) is 0. The van der Waals surface area contributed by atoms with Gasteiger partial charge in [-0.05, 0) is 18.8 Å². The quantitative estimate of drug-likeness (QED) is 0.445. The van der Waals surface area contributed by atoms with Crippen LogP contribution in [-0.4, -0.2) is 5.78 Å². The average Bonchev–Trinajstić information content (AvgIpc) is 2.45. The van der Waals surface area contributed by atoms with Gasteiger partial charge in [-0.1, -0.05) is 12.2 Å². The number of rotatable bonds is 0. The van der Waals surface area contributed by atoms with Crippen LogP contribution in [0.15, 0.2) is 12.2 Å². The smallest absolute Gasteiger partial charge is 0.140 e. The fourth-order valence-corrected chi connectivity index (χ4v) is 1.81. The lowest BCUT2D eigenvalue weighted by Gasteiger charge is -2.03. The number of ketones is 1. The number of hydrogen-bond acceptors (Lipinski definition) is 1. The molecule has 0 aromatic carbocycles. The van der Waals surface area contributed by atoms with E-state index in [4.69, 9.17) is 0 Å². The molecule has 0 heterocycles. The van der Waals surface area contributed by atoms with E-state index >= 15 is 0 Å². The van der Waals surface area contributed by atoms with E-state index in [2.05, 4.69) is 6.58 Å². The van der Waals surface area contributed by atoms with Crippen molar-refractivity contribution in [2.24, 2.45) is 11.8 Å². The third-order valence-electron chi connectivity index (χ3n) is 2.45. The molecule has 1 nitrogen and oxygen atoms in total.